The van der Waals surface area contributed by atoms with E-state index >= 15 is 0 Å². The molecule has 3 amide bonds. The van der Waals surface area contributed by atoms with Crippen LogP contribution in [0.2, 0.25) is 0 Å². The van der Waals surface area contributed by atoms with E-state index in [0.717, 1.165) is 5.00 Å². The third-order valence-corrected chi connectivity index (χ3v) is 4.78. The molecule has 1 aliphatic rings. The molecule has 0 fully saturated rings. The standard InChI is InChI=1S/C18H21N3O3S/c1-4-21-13-10-12(19-17(23)20-15-6-5-9-25-15)7-8-14(13)24-11-18(2,3)16(21)22/h5-10H,4,11H2,1-3H3,(H2,19,20,23). The van der Waals surface area contributed by atoms with Crippen LogP contribution in [0.15, 0.2) is 35.7 Å². The van der Waals surface area contributed by atoms with Crippen LogP contribution in [0.4, 0.5) is 21.2 Å². The van der Waals surface area contributed by atoms with E-state index in [4.69, 9.17) is 4.74 Å². The third kappa shape index (κ3) is 3.61. The summed E-state index contributed by atoms with van der Waals surface area (Å²) in [7, 11) is 0. The molecule has 132 valence electrons. The second kappa shape index (κ2) is 6.76. The summed E-state index contributed by atoms with van der Waals surface area (Å²) in [6.07, 6.45) is 0. The highest BCUT2D eigenvalue weighted by atomic mass is 32.1. The number of hydrogen-bond donors (Lipinski definition) is 2. The Kier molecular flexibility index (Phi) is 4.67. The van der Waals surface area contributed by atoms with E-state index in [-0.39, 0.29) is 11.9 Å². The SMILES string of the molecule is CCN1C(=O)C(C)(C)COc2ccc(NC(=O)Nc3cccs3)cc21. The fourth-order valence-electron chi connectivity index (χ4n) is 2.66. The van der Waals surface area contributed by atoms with Gasteiger partial charge in [0.2, 0.25) is 5.91 Å². The Bertz CT molecular complexity index is 787. The maximum Gasteiger partial charge on any atom is 0.324 e. The maximum atomic E-state index is 12.8. The minimum atomic E-state index is -0.598. The molecule has 2 heterocycles. The van der Waals surface area contributed by atoms with Gasteiger partial charge in [0.1, 0.15) is 12.4 Å². The van der Waals surface area contributed by atoms with Gasteiger partial charge in [0.05, 0.1) is 16.1 Å². The second-order valence-corrected chi connectivity index (χ2v) is 7.41. The molecule has 0 radical (unpaired) electrons. The number of fused-ring (bicyclic) bond motifs is 1. The predicted molar refractivity (Wildman–Crippen MR) is 101 cm³/mol. The van der Waals surface area contributed by atoms with Gasteiger partial charge in [0.15, 0.2) is 0 Å². The maximum absolute atomic E-state index is 12.8. The van der Waals surface area contributed by atoms with Crippen molar-refractivity contribution in [2.75, 3.05) is 28.7 Å². The van der Waals surface area contributed by atoms with Gasteiger partial charge in [-0.2, -0.15) is 0 Å². The first-order valence-corrected chi connectivity index (χ1v) is 8.99. The fourth-order valence-corrected chi connectivity index (χ4v) is 3.27. The van der Waals surface area contributed by atoms with E-state index in [1.165, 1.54) is 11.3 Å². The summed E-state index contributed by atoms with van der Waals surface area (Å²) in [5, 5.41) is 8.22. The molecule has 0 saturated heterocycles. The van der Waals surface area contributed by atoms with Crippen LogP contribution in [0.3, 0.4) is 0 Å². The van der Waals surface area contributed by atoms with E-state index in [1.807, 2.05) is 38.3 Å². The quantitative estimate of drug-likeness (QED) is 0.864. The zero-order valence-corrected chi connectivity index (χ0v) is 15.3. The average molecular weight is 359 g/mol. The normalized spacial score (nSPS) is 15.8. The molecule has 1 aromatic carbocycles. The lowest BCUT2D eigenvalue weighted by molar-refractivity contribution is -0.127. The lowest BCUT2D eigenvalue weighted by Crippen LogP contribution is -2.42. The van der Waals surface area contributed by atoms with E-state index in [9.17, 15) is 9.59 Å². The van der Waals surface area contributed by atoms with Crippen LogP contribution < -0.4 is 20.3 Å². The molecule has 25 heavy (non-hydrogen) atoms. The molecule has 1 aromatic heterocycles. The summed E-state index contributed by atoms with van der Waals surface area (Å²) in [6, 6.07) is 8.69. The van der Waals surface area contributed by atoms with Crippen LogP contribution in [0.25, 0.3) is 0 Å². The molecule has 0 aliphatic carbocycles. The van der Waals surface area contributed by atoms with Gasteiger partial charge >= 0.3 is 6.03 Å². The minimum absolute atomic E-state index is 0.00828. The number of thiophene rings is 1. The summed E-state index contributed by atoms with van der Waals surface area (Å²) in [4.78, 5) is 26.6. The highest BCUT2D eigenvalue weighted by molar-refractivity contribution is 7.14. The number of nitrogens with one attached hydrogen (secondary N) is 2. The zero-order chi connectivity index (χ0) is 18.0. The van der Waals surface area contributed by atoms with Gasteiger partial charge in [0, 0.05) is 12.2 Å². The Balaban J connectivity index is 1.83. The van der Waals surface area contributed by atoms with E-state index < -0.39 is 5.41 Å². The second-order valence-electron chi connectivity index (χ2n) is 6.46. The lowest BCUT2D eigenvalue weighted by atomic mass is 9.93. The number of nitrogens with zero attached hydrogens (tertiary/aromatic N) is 1. The summed E-state index contributed by atoms with van der Waals surface area (Å²) < 4.78 is 5.82. The minimum Gasteiger partial charge on any atom is -0.490 e. The third-order valence-electron chi connectivity index (χ3n) is 3.99. The monoisotopic (exact) mass is 359 g/mol. The first-order chi connectivity index (χ1) is 11.9. The Hall–Kier alpha value is -2.54. The molecule has 2 N–H and O–H groups in total. The zero-order valence-electron chi connectivity index (χ0n) is 14.5. The molecule has 7 heteroatoms. The summed E-state index contributed by atoms with van der Waals surface area (Å²) in [6.45, 7) is 6.52. The molecular weight excluding hydrogens is 338 g/mol. The van der Waals surface area contributed by atoms with E-state index in [2.05, 4.69) is 10.6 Å². The van der Waals surface area contributed by atoms with Crippen LogP contribution in [-0.2, 0) is 4.79 Å². The number of benzene rings is 1. The van der Waals surface area contributed by atoms with Crippen LogP contribution in [-0.4, -0.2) is 25.1 Å². The molecular formula is C18H21N3O3S. The Morgan fingerprint density at radius 2 is 2.12 bits per heavy atom. The topological polar surface area (TPSA) is 70.7 Å². The van der Waals surface area contributed by atoms with Gasteiger partial charge in [-0.1, -0.05) is 0 Å². The van der Waals surface area contributed by atoms with Crippen molar-refractivity contribution in [3.05, 3.63) is 35.7 Å². The number of carbonyl (C=O) groups excluding carboxylic acids is 2. The average Bonchev–Trinajstić information content (AvgIpc) is 3.04. The molecule has 2 aromatic rings. The van der Waals surface area contributed by atoms with Crippen molar-refractivity contribution < 1.29 is 14.3 Å². The van der Waals surface area contributed by atoms with Crippen molar-refractivity contribution in [2.45, 2.75) is 20.8 Å². The van der Waals surface area contributed by atoms with Crippen LogP contribution >= 0.6 is 11.3 Å². The van der Waals surface area contributed by atoms with Crippen molar-refractivity contribution >= 4 is 39.7 Å². The van der Waals surface area contributed by atoms with Crippen molar-refractivity contribution in [1.82, 2.24) is 0 Å². The largest absolute Gasteiger partial charge is 0.490 e. The van der Waals surface area contributed by atoms with Gasteiger partial charge in [-0.15, -0.1) is 11.3 Å². The molecule has 0 spiro atoms. The molecule has 6 nitrogen and oxygen atoms in total. The van der Waals surface area contributed by atoms with Gasteiger partial charge in [-0.05, 0) is 56.5 Å². The summed E-state index contributed by atoms with van der Waals surface area (Å²) in [5.74, 6) is 0.652. The number of anilines is 3. The van der Waals surface area contributed by atoms with Crippen molar-refractivity contribution in [2.24, 2.45) is 5.41 Å². The van der Waals surface area contributed by atoms with Gasteiger partial charge in [0.25, 0.3) is 0 Å². The lowest BCUT2D eigenvalue weighted by Gasteiger charge is -2.27. The van der Waals surface area contributed by atoms with Gasteiger partial charge < -0.3 is 15.0 Å². The van der Waals surface area contributed by atoms with Crippen molar-refractivity contribution in [3.8, 4) is 5.75 Å². The Morgan fingerprint density at radius 3 is 2.80 bits per heavy atom. The van der Waals surface area contributed by atoms with Gasteiger partial charge in [-0.3, -0.25) is 10.1 Å². The number of rotatable bonds is 3. The van der Waals surface area contributed by atoms with Crippen molar-refractivity contribution in [1.29, 1.82) is 0 Å². The molecule has 0 unspecified atom stereocenters. The Morgan fingerprint density at radius 1 is 1.32 bits per heavy atom. The van der Waals surface area contributed by atoms with E-state index in [1.54, 1.807) is 23.1 Å². The first kappa shape index (κ1) is 17.3. The first-order valence-electron chi connectivity index (χ1n) is 8.11. The summed E-state index contributed by atoms with van der Waals surface area (Å²) >= 11 is 1.45. The molecule has 3 rings (SSSR count). The number of amides is 3. The molecule has 1 aliphatic heterocycles. The smallest absolute Gasteiger partial charge is 0.324 e. The molecule has 0 bridgehead atoms. The van der Waals surface area contributed by atoms with Crippen molar-refractivity contribution in [3.63, 3.8) is 0 Å². The van der Waals surface area contributed by atoms with Crippen LogP contribution in [0, 0.1) is 5.41 Å². The fraction of sp³-hybridized carbons (Fsp3) is 0.333. The Labute approximate surface area is 150 Å². The predicted octanol–water partition coefficient (Wildman–Crippen LogP) is 4.16. The number of urea groups is 1. The van der Waals surface area contributed by atoms with Gasteiger partial charge in [-0.25, -0.2) is 4.79 Å². The highest BCUT2D eigenvalue weighted by Gasteiger charge is 2.37. The van der Waals surface area contributed by atoms with Crippen LogP contribution in [0.5, 0.6) is 5.75 Å². The van der Waals surface area contributed by atoms with Crippen LogP contribution in [0.1, 0.15) is 20.8 Å². The number of ether oxygens (including phenoxy) is 1. The van der Waals surface area contributed by atoms with E-state index in [0.29, 0.717) is 30.3 Å². The number of carbonyl (C=O) groups is 2. The number of hydrogen-bond acceptors (Lipinski definition) is 4. The molecule has 0 atom stereocenters. The highest BCUT2D eigenvalue weighted by Crippen LogP contribution is 2.38. The summed E-state index contributed by atoms with van der Waals surface area (Å²) in [5.41, 5.74) is 0.675. The molecule has 0 saturated carbocycles.